The van der Waals surface area contributed by atoms with Crippen LogP contribution in [0.4, 0.5) is 5.69 Å². The largest absolute Gasteiger partial charge is 0.383 e. The van der Waals surface area contributed by atoms with Gasteiger partial charge in [-0.15, -0.1) is 0 Å². The highest BCUT2D eigenvalue weighted by Crippen LogP contribution is 2.26. The van der Waals surface area contributed by atoms with Crippen LogP contribution in [0.5, 0.6) is 0 Å². The topological polar surface area (TPSA) is 50.9 Å². The molecule has 1 aromatic carbocycles. The van der Waals surface area contributed by atoms with Crippen LogP contribution in [-0.2, 0) is 4.74 Å². The summed E-state index contributed by atoms with van der Waals surface area (Å²) in [5.74, 6) is 0.593. The van der Waals surface area contributed by atoms with E-state index in [0.717, 1.165) is 12.2 Å². The second-order valence-electron chi connectivity index (χ2n) is 4.22. The van der Waals surface area contributed by atoms with Gasteiger partial charge in [0.1, 0.15) is 0 Å². The van der Waals surface area contributed by atoms with Crippen molar-refractivity contribution in [1.82, 2.24) is 4.90 Å². The number of guanidine groups is 1. The number of rotatable bonds is 5. The predicted molar refractivity (Wildman–Crippen MR) is 69.3 cm³/mol. The van der Waals surface area contributed by atoms with Crippen molar-refractivity contribution in [2.24, 2.45) is 10.7 Å². The summed E-state index contributed by atoms with van der Waals surface area (Å²) >= 11 is 0. The van der Waals surface area contributed by atoms with Gasteiger partial charge in [0.05, 0.1) is 12.3 Å². The number of methoxy groups -OCH3 is 1. The molecule has 0 unspecified atom stereocenters. The van der Waals surface area contributed by atoms with Gasteiger partial charge in [0.2, 0.25) is 0 Å². The van der Waals surface area contributed by atoms with Crippen LogP contribution in [0.15, 0.2) is 35.3 Å². The van der Waals surface area contributed by atoms with Crippen LogP contribution >= 0.6 is 0 Å². The molecule has 4 heteroatoms. The van der Waals surface area contributed by atoms with Crippen LogP contribution in [0, 0.1) is 0 Å². The normalized spacial score (nSPS) is 15.9. The first-order valence-corrected chi connectivity index (χ1v) is 5.96. The Balaban J connectivity index is 2.04. The summed E-state index contributed by atoms with van der Waals surface area (Å²) in [4.78, 5) is 6.57. The number of ether oxygens (including phenoxy) is 1. The molecular weight excluding hydrogens is 214 g/mol. The van der Waals surface area contributed by atoms with E-state index in [-0.39, 0.29) is 0 Å². The van der Waals surface area contributed by atoms with E-state index in [4.69, 9.17) is 10.5 Å². The van der Waals surface area contributed by atoms with Crippen LogP contribution in [-0.4, -0.2) is 37.2 Å². The number of para-hydroxylation sites is 1. The van der Waals surface area contributed by atoms with Crippen molar-refractivity contribution in [2.45, 2.75) is 18.9 Å². The van der Waals surface area contributed by atoms with Crippen molar-refractivity contribution < 1.29 is 4.74 Å². The Morgan fingerprint density at radius 2 is 2.12 bits per heavy atom. The van der Waals surface area contributed by atoms with E-state index in [2.05, 4.69) is 9.89 Å². The van der Waals surface area contributed by atoms with Crippen LogP contribution in [0.3, 0.4) is 0 Å². The Bertz CT molecular complexity index is 374. The molecule has 0 atom stereocenters. The Hall–Kier alpha value is -1.55. The summed E-state index contributed by atoms with van der Waals surface area (Å²) in [7, 11) is 1.70. The molecule has 0 saturated heterocycles. The van der Waals surface area contributed by atoms with E-state index in [0.29, 0.717) is 18.6 Å². The lowest BCUT2D eigenvalue weighted by Crippen LogP contribution is -2.40. The number of aliphatic imine (C=N–C) groups is 1. The maximum absolute atomic E-state index is 6.05. The second-order valence-corrected chi connectivity index (χ2v) is 4.22. The minimum Gasteiger partial charge on any atom is -0.383 e. The molecule has 0 amide bonds. The Morgan fingerprint density at radius 3 is 2.71 bits per heavy atom. The molecule has 0 bridgehead atoms. The predicted octanol–water partition coefficient (Wildman–Crippen LogP) is 1.74. The molecule has 1 saturated carbocycles. The molecule has 1 aromatic rings. The number of hydrogen-bond donors (Lipinski definition) is 1. The van der Waals surface area contributed by atoms with E-state index >= 15 is 0 Å². The summed E-state index contributed by atoms with van der Waals surface area (Å²) < 4.78 is 5.10. The molecule has 2 rings (SSSR count). The molecule has 0 aromatic heterocycles. The number of hydrogen-bond acceptors (Lipinski definition) is 2. The fraction of sp³-hybridized carbons (Fsp3) is 0.462. The average Bonchev–Trinajstić information content (AvgIpc) is 3.15. The van der Waals surface area contributed by atoms with Crippen LogP contribution < -0.4 is 5.73 Å². The molecule has 1 fully saturated rings. The van der Waals surface area contributed by atoms with Crippen molar-refractivity contribution >= 4 is 11.6 Å². The minimum atomic E-state index is 0.553. The molecule has 17 heavy (non-hydrogen) atoms. The Labute approximate surface area is 102 Å². The van der Waals surface area contributed by atoms with E-state index < -0.39 is 0 Å². The third-order valence-corrected chi connectivity index (χ3v) is 2.82. The van der Waals surface area contributed by atoms with Crippen molar-refractivity contribution in [1.29, 1.82) is 0 Å². The molecule has 0 radical (unpaired) electrons. The highest BCUT2D eigenvalue weighted by atomic mass is 16.5. The monoisotopic (exact) mass is 233 g/mol. The second kappa shape index (κ2) is 5.68. The van der Waals surface area contributed by atoms with Crippen LogP contribution in [0.1, 0.15) is 12.8 Å². The number of benzene rings is 1. The van der Waals surface area contributed by atoms with Gasteiger partial charge in [-0.05, 0) is 25.0 Å². The lowest BCUT2D eigenvalue weighted by atomic mass is 10.3. The lowest BCUT2D eigenvalue weighted by Gasteiger charge is -2.22. The zero-order chi connectivity index (χ0) is 12.1. The maximum Gasteiger partial charge on any atom is 0.196 e. The van der Waals surface area contributed by atoms with Gasteiger partial charge in [0.25, 0.3) is 0 Å². The maximum atomic E-state index is 6.05. The minimum absolute atomic E-state index is 0.553. The van der Waals surface area contributed by atoms with E-state index in [1.165, 1.54) is 12.8 Å². The van der Waals surface area contributed by atoms with Crippen molar-refractivity contribution in [3.63, 3.8) is 0 Å². The van der Waals surface area contributed by atoms with Crippen molar-refractivity contribution in [3.8, 4) is 0 Å². The SMILES string of the molecule is COCCN(C(N)=Nc1ccccc1)C1CC1. The highest BCUT2D eigenvalue weighted by molar-refractivity contribution is 5.81. The third kappa shape index (κ3) is 3.46. The standard InChI is InChI=1S/C13H19N3O/c1-17-10-9-16(12-7-8-12)13(14)15-11-5-3-2-4-6-11/h2-6,12H,7-10H2,1H3,(H2,14,15). The lowest BCUT2D eigenvalue weighted by molar-refractivity contribution is 0.173. The van der Waals surface area contributed by atoms with Crippen molar-refractivity contribution in [3.05, 3.63) is 30.3 Å². The summed E-state index contributed by atoms with van der Waals surface area (Å²) in [6, 6.07) is 10.4. The summed E-state index contributed by atoms with van der Waals surface area (Å²) in [6.07, 6.45) is 2.41. The zero-order valence-corrected chi connectivity index (χ0v) is 10.2. The molecule has 92 valence electrons. The first-order chi connectivity index (χ1) is 8.31. The van der Waals surface area contributed by atoms with Gasteiger partial charge in [-0.25, -0.2) is 4.99 Å². The van der Waals surface area contributed by atoms with Crippen LogP contribution in [0.2, 0.25) is 0 Å². The molecule has 0 aliphatic heterocycles. The van der Waals surface area contributed by atoms with Gasteiger partial charge >= 0.3 is 0 Å². The fourth-order valence-electron chi connectivity index (χ4n) is 1.76. The molecule has 2 N–H and O–H groups in total. The Morgan fingerprint density at radius 1 is 1.41 bits per heavy atom. The van der Waals surface area contributed by atoms with E-state index in [1.54, 1.807) is 7.11 Å². The first-order valence-electron chi connectivity index (χ1n) is 5.96. The van der Waals surface area contributed by atoms with Gasteiger partial charge < -0.3 is 15.4 Å². The van der Waals surface area contributed by atoms with Gasteiger partial charge in [-0.3, -0.25) is 0 Å². The number of nitrogens with zero attached hydrogens (tertiary/aromatic N) is 2. The first kappa shape index (κ1) is 11.9. The quantitative estimate of drug-likeness (QED) is 0.622. The van der Waals surface area contributed by atoms with Gasteiger partial charge in [-0.1, -0.05) is 18.2 Å². The molecule has 0 heterocycles. The molecule has 0 spiro atoms. The molecule has 4 nitrogen and oxygen atoms in total. The van der Waals surface area contributed by atoms with Gasteiger partial charge in [0.15, 0.2) is 5.96 Å². The molecular formula is C13H19N3O. The van der Waals surface area contributed by atoms with Gasteiger partial charge in [0, 0.05) is 19.7 Å². The number of nitrogens with two attached hydrogens (primary N) is 1. The third-order valence-electron chi connectivity index (χ3n) is 2.82. The summed E-state index contributed by atoms with van der Waals surface area (Å²) in [5.41, 5.74) is 6.95. The van der Waals surface area contributed by atoms with Gasteiger partial charge in [-0.2, -0.15) is 0 Å². The van der Waals surface area contributed by atoms with E-state index in [9.17, 15) is 0 Å². The smallest absolute Gasteiger partial charge is 0.196 e. The van der Waals surface area contributed by atoms with Crippen LogP contribution in [0.25, 0.3) is 0 Å². The fourth-order valence-corrected chi connectivity index (χ4v) is 1.76. The van der Waals surface area contributed by atoms with Crippen molar-refractivity contribution in [2.75, 3.05) is 20.3 Å². The zero-order valence-electron chi connectivity index (χ0n) is 10.2. The summed E-state index contributed by atoms with van der Waals surface area (Å²) in [5, 5.41) is 0. The van der Waals surface area contributed by atoms with E-state index in [1.807, 2.05) is 30.3 Å². The highest BCUT2D eigenvalue weighted by Gasteiger charge is 2.30. The summed E-state index contributed by atoms with van der Waals surface area (Å²) in [6.45, 7) is 1.49. The molecule has 1 aliphatic rings. The molecule has 1 aliphatic carbocycles. The Kier molecular flexibility index (Phi) is 3.98. The average molecular weight is 233 g/mol.